The number of rotatable bonds is 6. The van der Waals surface area contributed by atoms with Gasteiger partial charge in [-0.2, -0.15) is 0 Å². The molecule has 1 fully saturated rings. The molecule has 1 heterocycles. The predicted octanol–water partition coefficient (Wildman–Crippen LogP) is 3.59. The summed E-state index contributed by atoms with van der Waals surface area (Å²) in [6.07, 6.45) is 0.198. The van der Waals surface area contributed by atoms with E-state index in [4.69, 9.17) is 0 Å². The highest BCUT2D eigenvalue weighted by atomic mass is 19.2. The van der Waals surface area contributed by atoms with E-state index >= 15 is 0 Å². The molecule has 1 aliphatic heterocycles. The molecule has 0 saturated carbocycles. The number of urea groups is 1. The minimum Gasteiger partial charge on any atom is -0.324 e. The zero-order chi connectivity index (χ0) is 22.7. The number of halogens is 2. The first-order valence-corrected chi connectivity index (χ1v) is 9.87. The van der Waals surface area contributed by atoms with E-state index < -0.39 is 41.6 Å². The summed E-state index contributed by atoms with van der Waals surface area (Å²) in [6.45, 7) is -0.576. The molecule has 8 heteroatoms. The van der Waals surface area contributed by atoms with Crippen molar-refractivity contribution in [2.45, 2.75) is 12.0 Å². The monoisotopic (exact) mass is 435 g/mol. The largest absolute Gasteiger partial charge is 0.325 e. The summed E-state index contributed by atoms with van der Waals surface area (Å²) in [7, 11) is 0. The van der Waals surface area contributed by atoms with E-state index in [1.54, 1.807) is 30.3 Å². The molecular formula is C24H19F2N3O3. The molecule has 4 rings (SSSR count). The average Bonchev–Trinajstić information content (AvgIpc) is 3.02. The molecule has 4 amide bonds. The molecule has 6 nitrogen and oxygen atoms in total. The maximum atomic E-state index is 13.5. The van der Waals surface area contributed by atoms with Gasteiger partial charge in [0.1, 0.15) is 6.54 Å². The van der Waals surface area contributed by atoms with Gasteiger partial charge in [-0.1, -0.05) is 60.7 Å². The molecule has 162 valence electrons. The number of nitrogens with zero attached hydrogens (tertiary/aromatic N) is 1. The fourth-order valence-corrected chi connectivity index (χ4v) is 3.73. The van der Waals surface area contributed by atoms with Crippen molar-refractivity contribution in [2.75, 3.05) is 11.9 Å². The zero-order valence-corrected chi connectivity index (χ0v) is 16.8. The molecule has 0 aliphatic carbocycles. The Bertz CT molecular complexity index is 1170. The highest BCUT2D eigenvalue weighted by Crippen LogP contribution is 2.33. The van der Waals surface area contributed by atoms with Gasteiger partial charge in [-0.05, 0) is 23.3 Å². The Balaban J connectivity index is 1.59. The van der Waals surface area contributed by atoms with Gasteiger partial charge in [0.05, 0.1) is 0 Å². The lowest BCUT2D eigenvalue weighted by Crippen LogP contribution is -2.46. The molecule has 0 unspecified atom stereocenters. The molecule has 1 saturated heterocycles. The Labute approximate surface area is 182 Å². The van der Waals surface area contributed by atoms with Gasteiger partial charge in [-0.3, -0.25) is 14.5 Å². The third-order valence-corrected chi connectivity index (χ3v) is 5.26. The molecule has 3 aromatic carbocycles. The van der Waals surface area contributed by atoms with Gasteiger partial charge in [0.15, 0.2) is 17.2 Å². The van der Waals surface area contributed by atoms with E-state index in [0.717, 1.165) is 22.6 Å². The molecule has 0 spiro atoms. The lowest BCUT2D eigenvalue weighted by Gasteiger charge is -2.27. The van der Waals surface area contributed by atoms with E-state index in [1.807, 2.05) is 30.3 Å². The number of anilines is 1. The summed E-state index contributed by atoms with van der Waals surface area (Å²) in [5.74, 6) is -3.46. The number of carbonyl (C=O) groups is 3. The van der Waals surface area contributed by atoms with Crippen LogP contribution in [0.1, 0.15) is 11.1 Å². The van der Waals surface area contributed by atoms with Crippen LogP contribution in [0, 0.1) is 11.6 Å². The Hall–Kier alpha value is -4.07. The van der Waals surface area contributed by atoms with Crippen molar-refractivity contribution in [1.29, 1.82) is 0 Å². The van der Waals surface area contributed by atoms with E-state index in [9.17, 15) is 23.2 Å². The van der Waals surface area contributed by atoms with Crippen molar-refractivity contribution in [1.82, 2.24) is 10.2 Å². The van der Waals surface area contributed by atoms with Gasteiger partial charge in [-0.25, -0.2) is 13.6 Å². The highest BCUT2D eigenvalue weighted by Gasteiger charge is 2.52. The molecule has 32 heavy (non-hydrogen) atoms. The number of benzene rings is 3. The fourth-order valence-electron chi connectivity index (χ4n) is 3.73. The van der Waals surface area contributed by atoms with Crippen molar-refractivity contribution in [3.63, 3.8) is 0 Å². The second kappa shape index (κ2) is 8.58. The van der Waals surface area contributed by atoms with E-state index in [-0.39, 0.29) is 12.1 Å². The van der Waals surface area contributed by atoms with Crippen LogP contribution in [-0.2, 0) is 21.5 Å². The van der Waals surface area contributed by atoms with Crippen LogP contribution in [0.5, 0.6) is 0 Å². The molecule has 2 N–H and O–H groups in total. The molecule has 0 bridgehead atoms. The summed E-state index contributed by atoms with van der Waals surface area (Å²) in [5, 5.41) is 5.14. The summed E-state index contributed by atoms with van der Waals surface area (Å²) in [4.78, 5) is 39.5. The van der Waals surface area contributed by atoms with Crippen molar-refractivity contribution < 1.29 is 23.2 Å². The van der Waals surface area contributed by atoms with Crippen LogP contribution in [0.15, 0.2) is 78.9 Å². The number of hydrogen-bond acceptors (Lipinski definition) is 3. The lowest BCUT2D eigenvalue weighted by atomic mass is 9.83. The minimum absolute atomic E-state index is 0.0135. The van der Waals surface area contributed by atoms with E-state index in [0.29, 0.717) is 5.56 Å². The van der Waals surface area contributed by atoms with Gasteiger partial charge in [0, 0.05) is 18.2 Å². The molecule has 1 atom stereocenters. The Morgan fingerprint density at radius 2 is 1.56 bits per heavy atom. The molecule has 0 aromatic heterocycles. The number of hydrogen-bond donors (Lipinski definition) is 2. The van der Waals surface area contributed by atoms with Crippen molar-refractivity contribution in [3.05, 3.63) is 102 Å². The normalized spacial score (nSPS) is 17.9. The lowest BCUT2D eigenvalue weighted by molar-refractivity contribution is -0.134. The van der Waals surface area contributed by atoms with Gasteiger partial charge < -0.3 is 10.6 Å². The Kier molecular flexibility index (Phi) is 5.68. The van der Waals surface area contributed by atoms with E-state index in [2.05, 4.69) is 10.6 Å². The smallest absolute Gasteiger partial charge is 0.324 e. The van der Waals surface area contributed by atoms with Gasteiger partial charge in [-0.15, -0.1) is 0 Å². The average molecular weight is 435 g/mol. The zero-order valence-electron chi connectivity index (χ0n) is 16.8. The molecule has 0 radical (unpaired) electrons. The highest BCUT2D eigenvalue weighted by molar-refractivity contribution is 6.10. The maximum Gasteiger partial charge on any atom is 0.325 e. The van der Waals surface area contributed by atoms with Crippen LogP contribution in [-0.4, -0.2) is 29.3 Å². The Morgan fingerprint density at radius 1 is 0.906 bits per heavy atom. The first-order valence-electron chi connectivity index (χ1n) is 9.87. The van der Waals surface area contributed by atoms with Crippen LogP contribution in [0.3, 0.4) is 0 Å². The summed E-state index contributed by atoms with van der Waals surface area (Å²) >= 11 is 0. The van der Waals surface area contributed by atoms with Crippen molar-refractivity contribution >= 4 is 23.5 Å². The number of carbonyl (C=O) groups excluding carboxylic acids is 3. The summed E-state index contributed by atoms with van der Waals surface area (Å²) in [5.41, 5.74) is 0.0606. The van der Waals surface area contributed by atoms with Crippen molar-refractivity contribution in [3.8, 4) is 0 Å². The van der Waals surface area contributed by atoms with Gasteiger partial charge in [0.25, 0.3) is 5.91 Å². The standard InChI is InChI=1S/C24H19F2N3O3/c25-19-12-11-18(13-20(19)26)27-21(30)15-29-22(31)24(28-23(29)32,17-9-5-2-6-10-17)14-16-7-3-1-4-8-16/h1-13H,14-15H2,(H,27,30)(H,28,32)/t24-/m0/s1. The quantitative estimate of drug-likeness (QED) is 0.581. The van der Waals surface area contributed by atoms with Crippen LogP contribution >= 0.6 is 0 Å². The van der Waals surface area contributed by atoms with Crippen LogP contribution in [0.2, 0.25) is 0 Å². The predicted molar refractivity (Wildman–Crippen MR) is 113 cm³/mol. The first-order chi connectivity index (χ1) is 15.4. The van der Waals surface area contributed by atoms with Crippen molar-refractivity contribution in [2.24, 2.45) is 0 Å². The number of nitrogens with one attached hydrogen (secondary N) is 2. The Morgan fingerprint density at radius 3 is 2.22 bits per heavy atom. The van der Waals surface area contributed by atoms with Crippen LogP contribution in [0.4, 0.5) is 19.3 Å². The van der Waals surface area contributed by atoms with E-state index in [1.165, 1.54) is 6.07 Å². The van der Waals surface area contributed by atoms with Crippen LogP contribution in [0.25, 0.3) is 0 Å². The third kappa shape index (κ3) is 4.07. The van der Waals surface area contributed by atoms with Crippen LogP contribution < -0.4 is 10.6 Å². The molecule has 1 aliphatic rings. The second-order valence-electron chi connectivity index (χ2n) is 7.43. The minimum atomic E-state index is -1.37. The summed E-state index contributed by atoms with van der Waals surface area (Å²) in [6, 6.07) is 20.2. The first kappa shape index (κ1) is 21.2. The van der Waals surface area contributed by atoms with Gasteiger partial charge in [0.2, 0.25) is 5.91 Å². The maximum absolute atomic E-state index is 13.5. The molecular weight excluding hydrogens is 416 g/mol. The topological polar surface area (TPSA) is 78.5 Å². The second-order valence-corrected chi connectivity index (χ2v) is 7.43. The SMILES string of the molecule is O=C(CN1C(=O)N[C@@](Cc2ccccc2)(c2ccccc2)C1=O)Nc1ccc(F)c(F)c1. The summed E-state index contributed by atoms with van der Waals surface area (Å²) < 4.78 is 26.5. The fraction of sp³-hybridized carbons (Fsp3) is 0.125. The number of imide groups is 1. The third-order valence-electron chi connectivity index (χ3n) is 5.26. The molecule has 3 aromatic rings. The van der Waals surface area contributed by atoms with Gasteiger partial charge >= 0.3 is 6.03 Å². The number of amides is 4.